The first-order valence-corrected chi connectivity index (χ1v) is 7.63. The van der Waals surface area contributed by atoms with Gasteiger partial charge in [0.05, 0.1) is 12.5 Å². The minimum absolute atomic E-state index is 0.184. The number of hydrogen-bond donors (Lipinski definition) is 1. The number of nitrogens with zero attached hydrogens (tertiary/aromatic N) is 1. The standard InChI is InChI=1S/C15H11F3N2O3S/c1-8(10-7-22-11-5-3-2-4-9(10)11)23-14(21)20-13-19-6-12(24-13)15(16,17)18/h2-8H,1H3,(H,19,20,21). The highest BCUT2D eigenvalue weighted by molar-refractivity contribution is 7.15. The maximum Gasteiger partial charge on any atom is 0.427 e. The number of carbonyl (C=O) groups is 1. The quantitative estimate of drug-likeness (QED) is 0.699. The second-order valence-electron chi connectivity index (χ2n) is 4.89. The highest BCUT2D eigenvalue weighted by atomic mass is 32.1. The molecule has 1 amide bonds. The lowest BCUT2D eigenvalue weighted by atomic mass is 10.1. The molecule has 0 bridgehead atoms. The summed E-state index contributed by atoms with van der Waals surface area (Å²) in [5.41, 5.74) is 1.31. The third kappa shape index (κ3) is 3.35. The molecule has 0 saturated heterocycles. The van der Waals surface area contributed by atoms with Crippen molar-refractivity contribution in [1.82, 2.24) is 4.98 Å². The van der Waals surface area contributed by atoms with Gasteiger partial charge in [-0.1, -0.05) is 29.5 Å². The van der Waals surface area contributed by atoms with Crippen LogP contribution in [0.4, 0.5) is 23.1 Å². The Balaban J connectivity index is 1.67. The number of fused-ring (bicyclic) bond motifs is 1. The number of furan rings is 1. The summed E-state index contributed by atoms with van der Waals surface area (Å²) < 4.78 is 48.0. The van der Waals surface area contributed by atoms with E-state index in [2.05, 4.69) is 10.3 Å². The number of anilines is 1. The zero-order valence-corrected chi connectivity index (χ0v) is 13.1. The van der Waals surface area contributed by atoms with Gasteiger partial charge < -0.3 is 9.15 Å². The molecule has 0 fully saturated rings. The zero-order chi connectivity index (χ0) is 17.3. The van der Waals surface area contributed by atoms with E-state index >= 15 is 0 Å². The number of amides is 1. The van der Waals surface area contributed by atoms with Gasteiger partial charge in [0.25, 0.3) is 0 Å². The molecule has 0 saturated carbocycles. The first kappa shape index (κ1) is 16.3. The molecule has 0 spiro atoms. The maximum atomic E-state index is 12.5. The van der Waals surface area contributed by atoms with E-state index in [1.54, 1.807) is 13.0 Å². The lowest BCUT2D eigenvalue weighted by Crippen LogP contribution is -2.15. The number of halogens is 3. The van der Waals surface area contributed by atoms with Crippen molar-refractivity contribution in [3.63, 3.8) is 0 Å². The van der Waals surface area contributed by atoms with Crippen molar-refractivity contribution in [3.05, 3.63) is 47.2 Å². The maximum absolute atomic E-state index is 12.5. The molecule has 9 heteroatoms. The largest absolute Gasteiger partial charge is 0.464 e. The topological polar surface area (TPSA) is 64.4 Å². The minimum Gasteiger partial charge on any atom is -0.464 e. The van der Waals surface area contributed by atoms with Crippen LogP contribution in [0, 0.1) is 0 Å². The molecule has 0 aliphatic rings. The van der Waals surface area contributed by atoms with Gasteiger partial charge in [0.15, 0.2) is 5.13 Å². The number of hydrogen-bond acceptors (Lipinski definition) is 5. The van der Waals surface area contributed by atoms with Crippen LogP contribution < -0.4 is 5.32 Å². The van der Waals surface area contributed by atoms with E-state index in [9.17, 15) is 18.0 Å². The molecule has 5 nitrogen and oxygen atoms in total. The van der Waals surface area contributed by atoms with Crippen molar-refractivity contribution in [2.45, 2.75) is 19.2 Å². The first-order valence-electron chi connectivity index (χ1n) is 6.81. The predicted octanol–water partition coefficient (Wildman–Crippen LogP) is 5.22. The van der Waals surface area contributed by atoms with Gasteiger partial charge in [-0.15, -0.1) is 0 Å². The van der Waals surface area contributed by atoms with Crippen molar-refractivity contribution in [2.75, 3.05) is 5.32 Å². The number of nitrogens with one attached hydrogen (secondary N) is 1. The molecule has 2 heterocycles. The molecular weight excluding hydrogens is 345 g/mol. The van der Waals surface area contributed by atoms with Crippen molar-refractivity contribution >= 4 is 33.5 Å². The molecular formula is C15H11F3N2O3S. The molecule has 1 atom stereocenters. The average Bonchev–Trinajstić information content (AvgIpc) is 3.12. The fraction of sp³-hybridized carbons (Fsp3) is 0.200. The van der Waals surface area contributed by atoms with Gasteiger partial charge in [0.1, 0.15) is 16.6 Å². The van der Waals surface area contributed by atoms with Crippen molar-refractivity contribution < 1.29 is 27.1 Å². The summed E-state index contributed by atoms with van der Waals surface area (Å²) in [6.45, 7) is 1.64. The molecule has 0 aliphatic carbocycles. The van der Waals surface area contributed by atoms with Crippen LogP contribution in [0.25, 0.3) is 11.0 Å². The summed E-state index contributed by atoms with van der Waals surface area (Å²) in [6.07, 6.45) is -3.89. The fourth-order valence-corrected chi connectivity index (χ4v) is 2.79. The van der Waals surface area contributed by atoms with E-state index < -0.39 is 23.3 Å². The second-order valence-corrected chi connectivity index (χ2v) is 5.92. The summed E-state index contributed by atoms with van der Waals surface area (Å²) in [4.78, 5) is 14.4. The van der Waals surface area contributed by atoms with Gasteiger partial charge in [-0.25, -0.2) is 9.78 Å². The Morgan fingerprint density at radius 2 is 2.12 bits per heavy atom. The van der Waals surface area contributed by atoms with Crippen molar-refractivity contribution in [2.24, 2.45) is 0 Å². The van der Waals surface area contributed by atoms with Gasteiger partial charge in [-0.05, 0) is 13.0 Å². The van der Waals surface area contributed by atoms with Crippen LogP contribution in [0.5, 0.6) is 0 Å². The third-order valence-electron chi connectivity index (χ3n) is 3.23. The Morgan fingerprint density at radius 1 is 1.38 bits per heavy atom. The van der Waals surface area contributed by atoms with E-state index in [1.807, 2.05) is 18.2 Å². The van der Waals surface area contributed by atoms with Gasteiger partial charge in [-0.2, -0.15) is 13.2 Å². The molecule has 0 radical (unpaired) electrons. The Morgan fingerprint density at radius 3 is 2.83 bits per heavy atom. The SMILES string of the molecule is CC(OC(=O)Nc1ncc(C(F)(F)F)s1)c1coc2ccccc12. The Hall–Kier alpha value is -2.55. The highest BCUT2D eigenvalue weighted by Gasteiger charge is 2.33. The van der Waals surface area contributed by atoms with Crippen LogP contribution in [-0.4, -0.2) is 11.1 Å². The number of para-hydroxylation sites is 1. The Bertz CT molecular complexity index is 872. The predicted molar refractivity (Wildman–Crippen MR) is 81.8 cm³/mol. The van der Waals surface area contributed by atoms with Crippen LogP contribution in [0.15, 0.2) is 41.1 Å². The highest BCUT2D eigenvalue weighted by Crippen LogP contribution is 2.35. The van der Waals surface area contributed by atoms with Crippen LogP contribution in [0.1, 0.15) is 23.5 Å². The number of thiazole rings is 1. The molecule has 0 aliphatic heterocycles. The summed E-state index contributed by atoms with van der Waals surface area (Å²) >= 11 is 0.329. The molecule has 1 aromatic carbocycles. The Labute approximate surface area is 138 Å². The van der Waals surface area contributed by atoms with E-state index in [-0.39, 0.29) is 5.13 Å². The molecule has 1 unspecified atom stereocenters. The smallest absolute Gasteiger partial charge is 0.427 e. The normalized spacial score (nSPS) is 13.0. The van der Waals surface area contributed by atoms with Crippen molar-refractivity contribution in [1.29, 1.82) is 0 Å². The summed E-state index contributed by atoms with van der Waals surface area (Å²) in [5.74, 6) is 0. The number of aromatic nitrogens is 1. The van der Waals surface area contributed by atoms with Gasteiger partial charge in [0, 0.05) is 10.9 Å². The van der Waals surface area contributed by atoms with Crippen LogP contribution in [-0.2, 0) is 10.9 Å². The minimum atomic E-state index is -4.50. The van der Waals surface area contributed by atoms with E-state index in [0.29, 0.717) is 28.7 Å². The monoisotopic (exact) mass is 356 g/mol. The summed E-state index contributed by atoms with van der Waals surface area (Å²) in [7, 11) is 0. The molecule has 3 aromatic rings. The van der Waals surface area contributed by atoms with Crippen LogP contribution >= 0.6 is 11.3 Å². The molecule has 126 valence electrons. The van der Waals surface area contributed by atoms with Gasteiger partial charge >= 0.3 is 12.3 Å². The second kappa shape index (κ2) is 6.16. The summed E-state index contributed by atoms with van der Waals surface area (Å²) in [5, 5.41) is 2.80. The zero-order valence-electron chi connectivity index (χ0n) is 12.3. The number of carbonyl (C=O) groups excluding carboxylic acids is 1. The fourth-order valence-electron chi connectivity index (χ4n) is 2.12. The lowest BCUT2D eigenvalue weighted by Gasteiger charge is -2.11. The van der Waals surface area contributed by atoms with E-state index in [1.165, 1.54) is 6.26 Å². The van der Waals surface area contributed by atoms with Crippen LogP contribution in [0.3, 0.4) is 0 Å². The van der Waals surface area contributed by atoms with Gasteiger partial charge in [0.2, 0.25) is 0 Å². The van der Waals surface area contributed by atoms with E-state index in [4.69, 9.17) is 9.15 Å². The third-order valence-corrected chi connectivity index (χ3v) is 4.18. The first-order chi connectivity index (χ1) is 11.3. The average molecular weight is 356 g/mol. The molecule has 1 N–H and O–H groups in total. The molecule has 3 rings (SSSR count). The Kier molecular flexibility index (Phi) is 4.18. The number of rotatable bonds is 3. The number of alkyl halides is 3. The number of benzene rings is 1. The van der Waals surface area contributed by atoms with Gasteiger partial charge in [-0.3, -0.25) is 5.32 Å². The van der Waals surface area contributed by atoms with E-state index in [0.717, 1.165) is 5.39 Å². The summed E-state index contributed by atoms with van der Waals surface area (Å²) in [6, 6.07) is 7.24. The number of ether oxygens (including phenoxy) is 1. The van der Waals surface area contributed by atoms with Crippen molar-refractivity contribution in [3.8, 4) is 0 Å². The molecule has 2 aromatic heterocycles. The van der Waals surface area contributed by atoms with Crippen LogP contribution in [0.2, 0.25) is 0 Å². The molecule has 24 heavy (non-hydrogen) atoms. The lowest BCUT2D eigenvalue weighted by molar-refractivity contribution is -0.134.